The summed E-state index contributed by atoms with van der Waals surface area (Å²) in [5.74, 6) is 0.0678. The molecule has 0 radical (unpaired) electrons. The molecular weight excluding hydrogens is 194 g/mol. The average Bonchev–Trinajstić information content (AvgIpc) is 2.20. The maximum atomic E-state index is 11.5. The summed E-state index contributed by atoms with van der Waals surface area (Å²) >= 11 is 0. The molecule has 86 valence electrons. The minimum atomic E-state index is 0.0217. The molecule has 0 aromatic rings. The third-order valence-corrected chi connectivity index (χ3v) is 2.61. The number of rotatable bonds is 5. The summed E-state index contributed by atoms with van der Waals surface area (Å²) < 4.78 is 0. The third-order valence-electron chi connectivity index (χ3n) is 2.61. The fraction of sp³-hybridized carbons (Fsp3) is 0.800. The van der Waals surface area contributed by atoms with Crippen LogP contribution in [-0.4, -0.2) is 54.8 Å². The van der Waals surface area contributed by atoms with Gasteiger partial charge in [-0.05, 0) is 19.4 Å². The van der Waals surface area contributed by atoms with Crippen molar-refractivity contribution < 1.29 is 9.59 Å². The van der Waals surface area contributed by atoms with Crippen LogP contribution >= 0.6 is 0 Å². The van der Waals surface area contributed by atoms with Gasteiger partial charge < -0.3 is 15.5 Å². The summed E-state index contributed by atoms with van der Waals surface area (Å²) in [4.78, 5) is 26.0. The van der Waals surface area contributed by atoms with Crippen molar-refractivity contribution in [2.24, 2.45) is 5.73 Å². The van der Waals surface area contributed by atoms with Crippen LogP contribution in [0.1, 0.15) is 19.3 Å². The van der Waals surface area contributed by atoms with E-state index in [9.17, 15) is 9.59 Å². The number of amides is 2. The van der Waals surface area contributed by atoms with Gasteiger partial charge in [-0.1, -0.05) is 6.42 Å². The molecule has 1 aliphatic rings. The van der Waals surface area contributed by atoms with Gasteiger partial charge in [-0.3, -0.25) is 9.59 Å². The van der Waals surface area contributed by atoms with Crippen LogP contribution in [0.25, 0.3) is 0 Å². The molecule has 5 heteroatoms. The van der Waals surface area contributed by atoms with Gasteiger partial charge in [-0.25, -0.2) is 0 Å². The zero-order chi connectivity index (χ0) is 11.3. The van der Waals surface area contributed by atoms with E-state index in [0.717, 1.165) is 19.3 Å². The van der Waals surface area contributed by atoms with Crippen LogP contribution in [0.3, 0.4) is 0 Å². The summed E-state index contributed by atoms with van der Waals surface area (Å²) in [6.07, 6.45) is 2.93. The van der Waals surface area contributed by atoms with Crippen molar-refractivity contribution in [2.75, 3.05) is 33.2 Å². The minimum absolute atomic E-state index is 0.0217. The molecule has 1 aliphatic heterocycles. The predicted molar refractivity (Wildman–Crippen MR) is 57.1 cm³/mol. The molecule has 15 heavy (non-hydrogen) atoms. The van der Waals surface area contributed by atoms with Gasteiger partial charge in [0.25, 0.3) is 0 Å². The second-order valence-corrected chi connectivity index (χ2v) is 3.91. The zero-order valence-corrected chi connectivity index (χ0v) is 9.24. The normalized spacial score (nSPS) is 17.5. The summed E-state index contributed by atoms with van der Waals surface area (Å²) in [6.45, 7) is 1.82. The van der Waals surface area contributed by atoms with Crippen molar-refractivity contribution in [1.29, 1.82) is 0 Å². The van der Waals surface area contributed by atoms with E-state index in [1.807, 2.05) is 0 Å². The number of hydrogen-bond acceptors (Lipinski definition) is 3. The number of hydrogen-bond donors (Lipinski definition) is 1. The second kappa shape index (κ2) is 5.70. The topological polar surface area (TPSA) is 66.6 Å². The first-order valence-electron chi connectivity index (χ1n) is 5.37. The minimum Gasteiger partial charge on any atom is -0.335 e. The van der Waals surface area contributed by atoms with E-state index in [1.165, 1.54) is 4.90 Å². The average molecular weight is 213 g/mol. The van der Waals surface area contributed by atoms with Gasteiger partial charge in [0, 0.05) is 13.6 Å². The Morgan fingerprint density at radius 2 is 1.87 bits per heavy atom. The van der Waals surface area contributed by atoms with E-state index in [-0.39, 0.29) is 24.9 Å². The Hall–Kier alpha value is -1.10. The molecule has 0 bridgehead atoms. The SMILES string of the molecule is CN1CC(=O)N(CCCCCN)CC1=O. The van der Waals surface area contributed by atoms with E-state index in [2.05, 4.69) is 0 Å². The van der Waals surface area contributed by atoms with E-state index in [0.29, 0.717) is 13.1 Å². The highest BCUT2D eigenvalue weighted by molar-refractivity contribution is 5.92. The molecule has 1 fully saturated rings. The van der Waals surface area contributed by atoms with Crippen molar-refractivity contribution in [3.63, 3.8) is 0 Å². The molecule has 1 rings (SSSR count). The Labute approximate surface area is 90.2 Å². The van der Waals surface area contributed by atoms with Gasteiger partial charge in [0.2, 0.25) is 11.8 Å². The van der Waals surface area contributed by atoms with E-state index < -0.39 is 0 Å². The van der Waals surface area contributed by atoms with Gasteiger partial charge in [-0.2, -0.15) is 0 Å². The predicted octanol–water partition coefficient (Wildman–Crippen LogP) is -0.584. The molecule has 0 saturated carbocycles. The molecule has 1 heterocycles. The highest BCUT2D eigenvalue weighted by Gasteiger charge is 2.26. The first kappa shape index (κ1) is 12.0. The monoisotopic (exact) mass is 213 g/mol. The van der Waals surface area contributed by atoms with E-state index in [1.54, 1.807) is 11.9 Å². The highest BCUT2D eigenvalue weighted by atomic mass is 16.2. The van der Waals surface area contributed by atoms with Gasteiger partial charge in [0.05, 0.1) is 13.1 Å². The van der Waals surface area contributed by atoms with Crippen molar-refractivity contribution in [2.45, 2.75) is 19.3 Å². The highest BCUT2D eigenvalue weighted by Crippen LogP contribution is 2.05. The standard InChI is InChI=1S/C10H19N3O2/c1-12-7-10(15)13(8-9(12)14)6-4-2-3-5-11/h2-8,11H2,1H3. The molecule has 0 spiro atoms. The first-order valence-corrected chi connectivity index (χ1v) is 5.37. The summed E-state index contributed by atoms with van der Waals surface area (Å²) in [7, 11) is 1.66. The quantitative estimate of drug-likeness (QED) is 0.621. The molecule has 0 atom stereocenters. The molecule has 0 aromatic heterocycles. The maximum absolute atomic E-state index is 11.5. The Bertz CT molecular complexity index is 243. The zero-order valence-electron chi connectivity index (χ0n) is 9.24. The van der Waals surface area contributed by atoms with Crippen LogP contribution in [0.15, 0.2) is 0 Å². The molecular formula is C10H19N3O2. The van der Waals surface area contributed by atoms with Crippen LogP contribution in [0.4, 0.5) is 0 Å². The number of likely N-dealkylation sites (N-methyl/N-ethyl adjacent to an activating group) is 1. The maximum Gasteiger partial charge on any atom is 0.242 e. The molecule has 1 saturated heterocycles. The number of nitrogens with zero attached hydrogens (tertiary/aromatic N) is 2. The van der Waals surface area contributed by atoms with Crippen LogP contribution in [0.2, 0.25) is 0 Å². The van der Waals surface area contributed by atoms with Gasteiger partial charge in [-0.15, -0.1) is 0 Å². The van der Waals surface area contributed by atoms with E-state index >= 15 is 0 Å². The van der Waals surface area contributed by atoms with Gasteiger partial charge >= 0.3 is 0 Å². The molecule has 0 aromatic carbocycles. The van der Waals surface area contributed by atoms with E-state index in [4.69, 9.17) is 5.73 Å². The van der Waals surface area contributed by atoms with Crippen molar-refractivity contribution >= 4 is 11.8 Å². The van der Waals surface area contributed by atoms with Crippen LogP contribution in [0, 0.1) is 0 Å². The lowest BCUT2D eigenvalue weighted by molar-refractivity contribution is -0.148. The Morgan fingerprint density at radius 1 is 1.13 bits per heavy atom. The molecule has 2 amide bonds. The summed E-state index contributed by atoms with van der Waals surface area (Å²) in [5, 5.41) is 0. The Balaban J connectivity index is 2.29. The lowest BCUT2D eigenvalue weighted by Crippen LogP contribution is -2.52. The van der Waals surface area contributed by atoms with Crippen LogP contribution < -0.4 is 5.73 Å². The molecule has 2 N–H and O–H groups in total. The first-order chi connectivity index (χ1) is 7.15. The van der Waals surface area contributed by atoms with Crippen molar-refractivity contribution in [3.05, 3.63) is 0 Å². The fourth-order valence-corrected chi connectivity index (χ4v) is 1.59. The number of carbonyl (C=O) groups excluding carboxylic acids is 2. The number of nitrogens with two attached hydrogens (primary N) is 1. The molecule has 0 aliphatic carbocycles. The molecule has 5 nitrogen and oxygen atoms in total. The number of piperazine rings is 1. The molecule has 0 unspecified atom stereocenters. The number of unbranched alkanes of at least 4 members (excludes halogenated alkanes) is 2. The van der Waals surface area contributed by atoms with Crippen LogP contribution in [0.5, 0.6) is 0 Å². The van der Waals surface area contributed by atoms with Crippen LogP contribution in [-0.2, 0) is 9.59 Å². The Morgan fingerprint density at radius 3 is 2.53 bits per heavy atom. The largest absolute Gasteiger partial charge is 0.335 e. The van der Waals surface area contributed by atoms with Gasteiger partial charge in [0.1, 0.15) is 0 Å². The summed E-state index contributed by atoms with van der Waals surface area (Å²) in [5.41, 5.74) is 5.37. The lowest BCUT2D eigenvalue weighted by atomic mass is 10.2. The Kier molecular flexibility index (Phi) is 4.55. The van der Waals surface area contributed by atoms with Crippen molar-refractivity contribution in [1.82, 2.24) is 9.80 Å². The van der Waals surface area contributed by atoms with Gasteiger partial charge in [0.15, 0.2) is 0 Å². The smallest absolute Gasteiger partial charge is 0.242 e. The number of carbonyl (C=O) groups is 2. The lowest BCUT2D eigenvalue weighted by Gasteiger charge is -2.31. The second-order valence-electron chi connectivity index (χ2n) is 3.91. The summed E-state index contributed by atoms with van der Waals surface area (Å²) in [6, 6.07) is 0. The fourth-order valence-electron chi connectivity index (χ4n) is 1.59. The third kappa shape index (κ3) is 3.51. The van der Waals surface area contributed by atoms with Crippen molar-refractivity contribution in [3.8, 4) is 0 Å².